The van der Waals surface area contributed by atoms with Gasteiger partial charge in [-0.25, -0.2) is 4.57 Å². The minimum Gasteiger partial charge on any atom is -0.462 e. The van der Waals surface area contributed by atoms with Crippen molar-refractivity contribution in [2.45, 2.75) is 204 Å². The van der Waals surface area contributed by atoms with E-state index in [-0.39, 0.29) is 12.8 Å². The zero-order valence-electron chi connectivity index (χ0n) is 35.3. The van der Waals surface area contributed by atoms with Crippen molar-refractivity contribution in [3.05, 3.63) is 48.6 Å². The SMILES string of the molecule is CC/C=C/C/C=C/C/C=C/CCCCCCCC(=O)OC[C@@H](COP(=O)(O)OC1C(O)C(O)C(O)[C@H](O)C1O)OC(=O)CCCCCCC/C=C/CCCCCCC. The Hall–Kier alpha value is -2.19. The highest BCUT2D eigenvalue weighted by Crippen LogP contribution is 2.47. The molecule has 0 amide bonds. The van der Waals surface area contributed by atoms with Crippen molar-refractivity contribution in [3.63, 3.8) is 0 Å². The number of aliphatic hydroxyl groups is 5. The molecule has 1 fully saturated rings. The molecule has 13 nitrogen and oxygen atoms in total. The van der Waals surface area contributed by atoms with Gasteiger partial charge in [0.05, 0.1) is 6.61 Å². The first kappa shape index (κ1) is 53.8. The van der Waals surface area contributed by atoms with E-state index < -0.39 is 75.7 Å². The monoisotopic (exact) mass is 845 g/mol. The first-order chi connectivity index (χ1) is 27.9. The van der Waals surface area contributed by atoms with Crippen molar-refractivity contribution in [3.8, 4) is 0 Å². The Bertz CT molecular complexity index is 1210. The molecular formula is C44H77O13P. The maximum atomic E-state index is 12.8. The summed E-state index contributed by atoms with van der Waals surface area (Å²) < 4.78 is 33.4. The third-order valence-corrected chi connectivity index (χ3v) is 10.9. The van der Waals surface area contributed by atoms with Gasteiger partial charge in [0.15, 0.2) is 6.10 Å². The lowest BCUT2D eigenvalue weighted by Crippen LogP contribution is -2.64. The molecule has 6 N–H and O–H groups in total. The zero-order chi connectivity index (χ0) is 42.9. The van der Waals surface area contributed by atoms with Crippen molar-refractivity contribution >= 4 is 19.8 Å². The Morgan fingerprint density at radius 1 is 0.552 bits per heavy atom. The minimum absolute atomic E-state index is 0.0814. The van der Waals surface area contributed by atoms with Gasteiger partial charge in [0.1, 0.15) is 43.2 Å². The molecule has 0 bridgehead atoms. The molecule has 1 aliphatic carbocycles. The molecule has 0 aromatic heterocycles. The number of rotatable bonds is 35. The van der Waals surface area contributed by atoms with Gasteiger partial charge in [-0.1, -0.05) is 127 Å². The molecule has 0 aromatic rings. The Morgan fingerprint density at radius 2 is 0.983 bits per heavy atom. The molecule has 336 valence electrons. The Balaban J connectivity index is 2.51. The van der Waals surface area contributed by atoms with Crippen LogP contribution in [-0.4, -0.2) is 98.3 Å². The maximum absolute atomic E-state index is 12.8. The normalized spacial score (nSPS) is 23.0. The van der Waals surface area contributed by atoms with Gasteiger partial charge in [-0.05, 0) is 70.6 Å². The topological polar surface area (TPSA) is 210 Å². The summed E-state index contributed by atoms with van der Waals surface area (Å²) in [6.45, 7) is 3.14. The number of ether oxygens (including phenoxy) is 2. The summed E-state index contributed by atoms with van der Waals surface area (Å²) in [5.41, 5.74) is 0. The van der Waals surface area contributed by atoms with Crippen LogP contribution < -0.4 is 0 Å². The standard InChI is InChI=1S/C44H77O13P/c1-3-5-7-9-11-13-15-17-19-21-22-24-26-28-30-32-37(45)54-34-36(35-55-58(52,53)57-44-42(50)40(48)39(47)41(49)43(44)51)56-38(46)33-31-29-27-25-23-20-18-16-14-12-10-8-6-4-2/h5,7,11,13,16-19,36,39-44,47-51H,3-4,6,8-10,12,14-15,20-35H2,1-2H3,(H,52,53)/b7-5+,13-11+,18-16+,19-17+/t36-,39?,40-,41?,42?,43?,44?/m0/s1. The van der Waals surface area contributed by atoms with E-state index in [0.29, 0.717) is 12.8 Å². The second-order valence-corrected chi connectivity index (χ2v) is 16.6. The number of unbranched alkanes of at least 4 members (excludes halogenated alkanes) is 15. The highest BCUT2D eigenvalue weighted by atomic mass is 31.2. The van der Waals surface area contributed by atoms with Crippen LogP contribution in [0.15, 0.2) is 48.6 Å². The van der Waals surface area contributed by atoms with Crippen LogP contribution >= 0.6 is 7.82 Å². The third kappa shape index (κ3) is 26.8. The van der Waals surface area contributed by atoms with Gasteiger partial charge in [-0.15, -0.1) is 0 Å². The number of carbonyl (C=O) groups excluding carboxylic acids is 2. The smallest absolute Gasteiger partial charge is 0.462 e. The molecule has 1 rings (SSSR count). The van der Waals surface area contributed by atoms with E-state index in [0.717, 1.165) is 89.9 Å². The van der Waals surface area contributed by atoms with Crippen molar-refractivity contribution in [1.82, 2.24) is 0 Å². The maximum Gasteiger partial charge on any atom is 0.472 e. The molecule has 58 heavy (non-hydrogen) atoms. The second kappa shape index (κ2) is 34.5. The molecule has 0 radical (unpaired) electrons. The summed E-state index contributed by atoms with van der Waals surface area (Å²) in [6, 6.07) is 0. The summed E-state index contributed by atoms with van der Waals surface area (Å²) in [4.78, 5) is 35.6. The fourth-order valence-electron chi connectivity index (χ4n) is 6.35. The molecular weight excluding hydrogens is 767 g/mol. The average molecular weight is 845 g/mol. The number of phosphoric acid groups is 1. The van der Waals surface area contributed by atoms with Crippen LogP contribution in [0.2, 0.25) is 0 Å². The molecule has 0 aromatic carbocycles. The van der Waals surface area contributed by atoms with Crippen LogP contribution in [0.3, 0.4) is 0 Å². The Kier molecular flexibility index (Phi) is 32.0. The number of carbonyl (C=O) groups is 2. The second-order valence-electron chi connectivity index (χ2n) is 15.2. The predicted molar refractivity (Wildman–Crippen MR) is 226 cm³/mol. The number of phosphoric ester groups is 1. The predicted octanol–water partition coefficient (Wildman–Crippen LogP) is 8.00. The van der Waals surface area contributed by atoms with Crippen molar-refractivity contribution < 1.29 is 63.1 Å². The summed E-state index contributed by atoms with van der Waals surface area (Å²) in [7, 11) is -5.12. The Morgan fingerprint density at radius 3 is 1.52 bits per heavy atom. The van der Waals surface area contributed by atoms with Crippen molar-refractivity contribution in [2.24, 2.45) is 0 Å². The molecule has 0 aliphatic heterocycles. The molecule has 6 unspecified atom stereocenters. The van der Waals surface area contributed by atoms with E-state index in [9.17, 15) is 44.6 Å². The van der Waals surface area contributed by atoms with E-state index in [1.165, 1.54) is 32.1 Å². The molecule has 8 atom stereocenters. The molecule has 1 aliphatic rings. The summed E-state index contributed by atoms with van der Waals surface area (Å²) in [5, 5.41) is 50.1. The van der Waals surface area contributed by atoms with Crippen molar-refractivity contribution in [2.75, 3.05) is 13.2 Å². The fourth-order valence-corrected chi connectivity index (χ4v) is 7.33. The van der Waals surface area contributed by atoms with Gasteiger partial charge in [-0.3, -0.25) is 18.6 Å². The van der Waals surface area contributed by atoms with Crippen molar-refractivity contribution in [1.29, 1.82) is 0 Å². The summed E-state index contributed by atoms with van der Waals surface area (Å²) in [5.74, 6) is -1.13. The van der Waals surface area contributed by atoms with Crippen LogP contribution in [-0.2, 0) is 32.7 Å². The molecule has 14 heteroatoms. The largest absolute Gasteiger partial charge is 0.472 e. The Labute approximate surface area is 348 Å². The average Bonchev–Trinajstić information content (AvgIpc) is 3.20. The van der Waals surface area contributed by atoms with Gasteiger partial charge in [0.25, 0.3) is 0 Å². The van der Waals surface area contributed by atoms with Crippen LogP contribution in [0.1, 0.15) is 162 Å². The third-order valence-electron chi connectivity index (χ3n) is 9.90. The van der Waals surface area contributed by atoms with E-state index >= 15 is 0 Å². The lowest BCUT2D eigenvalue weighted by atomic mass is 9.85. The van der Waals surface area contributed by atoms with E-state index in [1.54, 1.807) is 0 Å². The molecule has 1 saturated carbocycles. The molecule has 0 heterocycles. The zero-order valence-corrected chi connectivity index (χ0v) is 36.2. The summed E-state index contributed by atoms with van der Waals surface area (Å²) in [6.07, 6.45) is 26.0. The van der Waals surface area contributed by atoms with Gasteiger partial charge in [0.2, 0.25) is 0 Å². The number of hydrogen-bond acceptors (Lipinski definition) is 12. The van der Waals surface area contributed by atoms with Crippen LogP contribution in [0.4, 0.5) is 0 Å². The van der Waals surface area contributed by atoms with Gasteiger partial charge >= 0.3 is 19.8 Å². The highest BCUT2D eigenvalue weighted by Gasteiger charge is 2.51. The first-order valence-corrected chi connectivity index (χ1v) is 23.4. The molecule has 0 spiro atoms. The lowest BCUT2D eigenvalue weighted by Gasteiger charge is -2.41. The number of allylic oxidation sites excluding steroid dienone is 8. The van der Waals surface area contributed by atoms with Crippen LogP contribution in [0, 0.1) is 0 Å². The van der Waals surface area contributed by atoms with Gasteiger partial charge < -0.3 is 39.9 Å². The summed E-state index contributed by atoms with van der Waals surface area (Å²) >= 11 is 0. The number of aliphatic hydroxyl groups excluding tert-OH is 5. The van der Waals surface area contributed by atoms with E-state index in [1.807, 2.05) is 0 Å². The van der Waals surface area contributed by atoms with Gasteiger partial charge in [-0.2, -0.15) is 0 Å². The quantitative estimate of drug-likeness (QED) is 0.0155. The van der Waals surface area contributed by atoms with E-state index in [2.05, 4.69) is 62.5 Å². The number of esters is 2. The first-order valence-electron chi connectivity index (χ1n) is 21.9. The minimum atomic E-state index is -5.12. The van der Waals surface area contributed by atoms with Gasteiger partial charge in [0, 0.05) is 12.8 Å². The fraction of sp³-hybridized carbons (Fsp3) is 0.773. The number of hydrogen-bond donors (Lipinski definition) is 6. The lowest BCUT2D eigenvalue weighted by molar-refractivity contribution is -0.220. The van der Waals surface area contributed by atoms with Crippen LogP contribution in [0.5, 0.6) is 0 Å². The molecule has 0 saturated heterocycles. The van der Waals surface area contributed by atoms with E-state index in [4.69, 9.17) is 18.5 Å². The van der Waals surface area contributed by atoms with Crippen LogP contribution in [0.25, 0.3) is 0 Å². The highest BCUT2D eigenvalue weighted by molar-refractivity contribution is 7.47.